The van der Waals surface area contributed by atoms with E-state index in [1.165, 1.54) is 9.80 Å². The van der Waals surface area contributed by atoms with Crippen molar-refractivity contribution in [2.75, 3.05) is 6.61 Å². The molecule has 8 heteroatoms. The second kappa shape index (κ2) is 9.06. The summed E-state index contributed by atoms with van der Waals surface area (Å²) in [7, 11) is 0. The zero-order chi connectivity index (χ0) is 23.8. The number of imide groups is 1. The number of hydrogen-bond acceptors (Lipinski definition) is 4. The summed E-state index contributed by atoms with van der Waals surface area (Å²) in [5.74, 6) is -1.31. The first kappa shape index (κ1) is 23.1. The molecule has 0 aromatic heterocycles. The topological polar surface area (TPSA) is 87.2 Å². The van der Waals surface area contributed by atoms with Gasteiger partial charge in [-0.25, -0.2) is 14.5 Å². The maximum absolute atomic E-state index is 14.0. The fraction of sp³-hybridized carbons (Fsp3) is 0.400. The molecule has 7 nitrogen and oxygen atoms in total. The van der Waals surface area contributed by atoms with Crippen molar-refractivity contribution >= 4 is 29.7 Å². The standard InChI is InChI=1S/C25H27ClN2O5/c1-25(2)13-12-20(28(25)23(30)31)21(17-8-10-18(26)11-9-17)22(29)27-19(15-33-24(27)32)14-16-6-4-3-5-7-16/h3-11,19-21H,12-15H2,1-2H3,(H,30,31)/t19-,20?,21+/m1/s1. The molecule has 174 valence electrons. The predicted molar refractivity (Wildman–Crippen MR) is 123 cm³/mol. The highest BCUT2D eigenvalue weighted by molar-refractivity contribution is 6.30. The summed E-state index contributed by atoms with van der Waals surface area (Å²) in [4.78, 5) is 41.4. The van der Waals surface area contributed by atoms with Crippen molar-refractivity contribution in [2.24, 2.45) is 0 Å². The third-order valence-electron chi connectivity index (χ3n) is 6.63. The second-order valence-corrected chi connectivity index (χ2v) is 9.67. The van der Waals surface area contributed by atoms with Crippen molar-refractivity contribution in [3.63, 3.8) is 0 Å². The van der Waals surface area contributed by atoms with E-state index in [2.05, 4.69) is 0 Å². The van der Waals surface area contributed by atoms with Crippen molar-refractivity contribution in [3.8, 4) is 0 Å². The van der Waals surface area contributed by atoms with Crippen LogP contribution in [-0.4, -0.2) is 57.2 Å². The Kier molecular flexibility index (Phi) is 6.34. The molecule has 2 aliphatic rings. The smallest absolute Gasteiger partial charge is 0.417 e. The Hall–Kier alpha value is -3.06. The van der Waals surface area contributed by atoms with Crippen LogP contribution >= 0.6 is 11.6 Å². The molecule has 0 bridgehead atoms. The first-order chi connectivity index (χ1) is 15.7. The molecule has 2 saturated heterocycles. The molecule has 1 unspecified atom stereocenters. The van der Waals surface area contributed by atoms with Gasteiger partial charge >= 0.3 is 12.2 Å². The lowest BCUT2D eigenvalue weighted by atomic mass is 9.88. The van der Waals surface area contributed by atoms with E-state index in [9.17, 15) is 19.5 Å². The molecule has 33 heavy (non-hydrogen) atoms. The Labute approximate surface area is 197 Å². The highest BCUT2D eigenvalue weighted by atomic mass is 35.5. The van der Waals surface area contributed by atoms with E-state index < -0.39 is 41.6 Å². The van der Waals surface area contributed by atoms with Crippen molar-refractivity contribution in [3.05, 3.63) is 70.7 Å². The number of carbonyl (C=O) groups excluding carboxylic acids is 2. The lowest BCUT2D eigenvalue weighted by Crippen LogP contribution is -2.52. The van der Waals surface area contributed by atoms with E-state index in [-0.39, 0.29) is 6.61 Å². The SMILES string of the molecule is CC1(C)CCC([C@@H](C(=O)N2C(=O)OC[C@H]2Cc2ccccc2)c2ccc(Cl)cc2)N1C(=O)O. The summed E-state index contributed by atoms with van der Waals surface area (Å²) in [6, 6.07) is 15.3. The van der Waals surface area contributed by atoms with Gasteiger partial charge in [0, 0.05) is 10.6 Å². The summed E-state index contributed by atoms with van der Waals surface area (Å²) in [5.41, 5.74) is 0.975. The Morgan fingerprint density at radius 3 is 2.45 bits per heavy atom. The normalized spacial score (nSPS) is 22.8. The zero-order valence-corrected chi connectivity index (χ0v) is 19.4. The van der Waals surface area contributed by atoms with Crippen LogP contribution in [0.15, 0.2) is 54.6 Å². The average molecular weight is 471 g/mol. The summed E-state index contributed by atoms with van der Waals surface area (Å²) < 4.78 is 5.27. The van der Waals surface area contributed by atoms with Crippen LogP contribution < -0.4 is 0 Å². The minimum atomic E-state index is -1.08. The van der Waals surface area contributed by atoms with Crippen LogP contribution in [-0.2, 0) is 16.0 Å². The van der Waals surface area contributed by atoms with Gasteiger partial charge < -0.3 is 9.84 Å². The number of cyclic esters (lactones) is 1. The fourth-order valence-corrected chi connectivity index (χ4v) is 5.16. The third kappa shape index (κ3) is 4.55. The second-order valence-electron chi connectivity index (χ2n) is 9.23. The quantitative estimate of drug-likeness (QED) is 0.669. The number of likely N-dealkylation sites (tertiary alicyclic amines) is 1. The number of halogens is 1. The van der Waals surface area contributed by atoms with E-state index in [0.717, 1.165) is 5.56 Å². The molecule has 0 radical (unpaired) electrons. The molecule has 1 N–H and O–H groups in total. The van der Waals surface area contributed by atoms with Crippen molar-refractivity contribution in [1.29, 1.82) is 0 Å². The monoisotopic (exact) mass is 470 g/mol. The van der Waals surface area contributed by atoms with E-state index in [0.29, 0.717) is 29.8 Å². The number of benzene rings is 2. The number of carbonyl (C=O) groups is 3. The number of carboxylic acid groups (broad SMARTS) is 1. The van der Waals surface area contributed by atoms with Gasteiger partial charge in [-0.2, -0.15) is 0 Å². The molecule has 3 amide bonds. The highest BCUT2D eigenvalue weighted by Crippen LogP contribution is 2.42. The van der Waals surface area contributed by atoms with E-state index >= 15 is 0 Å². The van der Waals surface area contributed by atoms with Gasteiger partial charge in [-0.3, -0.25) is 9.69 Å². The third-order valence-corrected chi connectivity index (χ3v) is 6.89. The molecular formula is C25H27ClN2O5. The van der Waals surface area contributed by atoms with Crippen molar-refractivity contribution < 1.29 is 24.2 Å². The Balaban J connectivity index is 1.72. The molecule has 0 spiro atoms. The van der Waals surface area contributed by atoms with Gasteiger partial charge in [0.15, 0.2) is 0 Å². The van der Waals surface area contributed by atoms with Crippen LogP contribution in [0.4, 0.5) is 9.59 Å². The molecule has 2 aromatic rings. The van der Waals surface area contributed by atoms with Crippen molar-refractivity contribution in [2.45, 2.75) is 56.7 Å². The van der Waals surface area contributed by atoms with Crippen LogP contribution in [0.3, 0.4) is 0 Å². The van der Waals surface area contributed by atoms with Crippen LogP contribution in [0.25, 0.3) is 0 Å². The van der Waals surface area contributed by atoms with E-state index in [1.807, 2.05) is 44.2 Å². The van der Waals surface area contributed by atoms with Gasteiger partial charge in [0.25, 0.3) is 0 Å². The average Bonchev–Trinajstić information content (AvgIpc) is 3.29. The maximum atomic E-state index is 14.0. The molecule has 2 heterocycles. The van der Waals surface area contributed by atoms with E-state index in [1.54, 1.807) is 24.3 Å². The van der Waals surface area contributed by atoms with Crippen LogP contribution in [0.2, 0.25) is 5.02 Å². The lowest BCUT2D eigenvalue weighted by molar-refractivity contribution is -0.132. The van der Waals surface area contributed by atoms with Gasteiger partial charge in [0.1, 0.15) is 6.61 Å². The van der Waals surface area contributed by atoms with Gasteiger partial charge in [-0.05, 0) is 56.4 Å². The van der Waals surface area contributed by atoms with Gasteiger partial charge in [0.2, 0.25) is 5.91 Å². The first-order valence-corrected chi connectivity index (χ1v) is 11.4. The minimum absolute atomic E-state index is 0.103. The lowest BCUT2D eigenvalue weighted by Gasteiger charge is -2.37. The van der Waals surface area contributed by atoms with Gasteiger partial charge in [0.05, 0.1) is 18.0 Å². The number of amides is 3. The van der Waals surface area contributed by atoms with E-state index in [4.69, 9.17) is 16.3 Å². The molecule has 2 aromatic carbocycles. The molecular weight excluding hydrogens is 444 g/mol. The molecule has 3 atom stereocenters. The molecule has 0 aliphatic carbocycles. The summed E-state index contributed by atoms with van der Waals surface area (Å²) in [6.07, 6.45) is -0.202. The molecule has 2 aliphatic heterocycles. The first-order valence-electron chi connectivity index (χ1n) is 11.0. The van der Waals surface area contributed by atoms with Gasteiger partial charge in [-0.15, -0.1) is 0 Å². The minimum Gasteiger partial charge on any atom is -0.465 e. The molecule has 2 fully saturated rings. The highest BCUT2D eigenvalue weighted by Gasteiger charge is 2.51. The van der Waals surface area contributed by atoms with Crippen LogP contribution in [0.1, 0.15) is 43.7 Å². The number of hydrogen-bond donors (Lipinski definition) is 1. The molecule has 0 saturated carbocycles. The zero-order valence-electron chi connectivity index (χ0n) is 18.6. The number of rotatable bonds is 5. The van der Waals surface area contributed by atoms with Crippen LogP contribution in [0, 0.1) is 0 Å². The summed E-state index contributed by atoms with van der Waals surface area (Å²) >= 11 is 6.07. The summed E-state index contributed by atoms with van der Waals surface area (Å²) in [5, 5.41) is 10.5. The van der Waals surface area contributed by atoms with Crippen LogP contribution in [0.5, 0.6) is 0 Å². The molecule has 4 rings (SSSR count). The Morgan fingerprint density at radius 1 is 1.15 bits per heavy atom. The van der Waals surface area contributed by atoms with Gasteiger partial charge in [-0.1, -0.05) is 54.1 Å². The number of ether oxygens (including phenoxy) is 1. The largest absolute Gasteiger partial charge is 0.465 e. The fourth-order valence-electron chi connectivity index (χ4n) is 5.03. The predicted octanol–water partition coefficient (Wildman–Crippen LogP) is 4.93. The number of nitrogens with zero attached hydrogens (tertiary/aromatic N) is 2. The Morgan fingerprint density at radius 2 is 1.82 bits per heavy atom. The maximum Gasteiger partial charge on any atom is 0.417 e. The van der Waals surface area contributed by atoms with Crippen molar-refractivity contribution in [1.82, 2.24) is 9.80 Å². The summed E-state index contributed by atoms with van der Waals surface area (Å²) in [6.45, 7) is 3.81. The Bertz CT molecular complexity index is 1040.